The summed E-state index contributed by atoms with van der Waals surface area (Å²) in [6, 6.07) is 0.419. The molecule has 32 heteroatoms. The number of ether oxygens (including phenoxy) is 2. The highest BCUT2D eigenvalue weighted by Gasteiger charge is 2.92. The second kappa shape index (κ2) is 14.7. The van der Waals surface area contributed by atoms with Gasteiger partial charge in [-0.3, -0.25) is 4.79 Å². The third-order valence-corrected chi connectivity index (χ3v) is 7.56. The van der Waals surface area contributed by atoms with Gasteiger partial charge in [-0.2, -0.15) is 114 Å². The van der Waals surface area contributed by atoms with E-state index < -0.39 is 137 Å². The summed E-state index contributed by atoms with van der Waals surface area (Å²) >= 11 is 5.07. The predicted octanol–water partition coefficient (Wildman–Crippen LogP) is 11.2. The minimum absolute atomic E-state index is 0.0106. The van der Waals surface area contributed by atoms with Gasteiger partial charge >= 0.3 is 77.2 Å². The molecule has 2 aromatic rings. The molecule has 0 radical (unpaired) electrons. The summed E-state index contributed by atoms with van der Waals surface area (Å²) in [4.78, 5) is 23.5. The van der Waals surface area contributed by atoms with Crippen molar-refractivity contribution in [3.63, 3.8) is 0 Å². The Morgan fingerprint density at radius 2 is 0.845 bits per heavy atom. The Morgan fingerprint density at radius 1 is 0.500 bits per heavy atom. The summed E-state index contributed by atoms with van der Waals surface area (Å²) in [6.45, 7) is -4.60. The number of hydrogen-bond acceptors (Lipinski definition) is 5. The molecule has 1 heterocycles. The van der Waals surface area contributed by atoms with Crippen molar-refractivity contribution in [3.05, 3.63) is 34.2 Å². The topological polar surface area (TPSA) is 65.7 Å². The van der Waals surface area contributed by atoms with Gasteiger partial charge in [0.25, 0.3) is 5.24 Å². The van der Waals surface area contributed by atoms with Gasteiger partial charge in [0.1, 0.15) is 22.6 Å². The normalized spacial score (nSPS) is 15.2. The van der Waals surface area contributed by atoms with Crippen LogP contribution in [0.25, 0.3) is 11.0 Å². The average molecular weight is 933 g/mol. The molecule has 58 heavy (non-hydrogen) atoms. The van der Waals surface area contributed by atoms with Crippen LogP contribution in [-0.4, -0.2) is 90.0 Å². The second-order valence-corrected chi connectivity index (χ2v) is 11.6. The van der Waals surface area contributed by atoms with Crippen LogP contribution in [0, 0.1) is 0 Å². The van der Waals surface area contributed by atoms with E-state index in [2.05, 4.69) is 13.9 Å². The van der Waals surface area contributed by atoms with Crippen LogP contribution in [0.3, 0.4) is 0 Å². The lowest BCUT2D eigenvalue weighted by Gasteiger charge is -2.39. The first-order valence-electron chi connectivity index (χ1n) is 13.8. The molecular formula is C26H11ClF26O5. The Labute approximate surface area is 304 Å². The summed E-state index contributed by atoms with van der Waals surface area (Å²) in [5.41, 5.74) is -4.28. The SMILES string of the molecule is O=C(Cl)c1cc2c(OCCC(F)(F)C(F)(F)C(F)(F)C(F)(F)C(F)(F)C(F)(F)F)cc(OCCC(F)(F)C(F)(F)C(F)(F)C(F)(F)C(F)(F)C(F)(F)F)cc2oc1=O. The molecule has 0 amide bonds. The highest BCUT2D eigenvalue weighted by Crippen LogP contribution is 2.62. The van der Waals surface area contributed by atoms with Crippen molar-refractivity contribution < 1.29 is 133 Å². The van der Waals surface area contributed by atoms with E-state index in [1.807, 2.05) is 0 Å². The highest BCUT2D eigenvalue weighted by molar-refractivity contribution is 6.67. The Morgan fingerprint density at radius 3 is 1.19 bits per heavy atom. The van der Waals surface area contributed by atoms with E-state index in [-0.39, 0.29) is 18.2 Å². The lowest BCUT2D eigenvalue weighted by molar-refractivity contribution is -0.440. The lowest BCUT2D eigenvalue weighted by Crippen LogP contribution is -2.70. The molecule has 334 valence electrons. The largest absolute Gasteiger partial charge is 0.493 e. The van der Waals surface area contributed by atoms with Crippen LogP contribution in [0.15, 0.2) is 27.4 Å². The van der Waals surface area contributed by atoms with Crippen molar-refractivity contribution in [3.8, 4) is 11.5 Å². The molecule has 0 unspecified atom stereocenters. The van der Waals surface area contributed by atoms with E-state index in [9.17, 15) is 124 Å². The van der Waals surface area contributed by atoms with Gasteiger partial charge in [0.2, 0.25) is 0 Å². The van der Waals surface area contributed by atoms with Crippen LogP contribution < -0.4 is 15.1 Å². The summed E-state index contributed by atoms with van der Waals surface area (Å²) < 4.78 is 361. The molecule has 0 saturated heterocycles. The number of fused-ring (bicyclic) bond motifs is 1. The summed E-state index contributed by atoms with van der Waals surface area (Å²) in [5, 5.41) is -2.79. The van der Waals surface area contributed by atoms with E-state index in [1.54, 1.807) is 0 Å². The fourth-order valence-corrected chi connectivity index (χ4v) is 4.14. The van der Waals surface area contributed by atoms with Gasteiger partial charge in [-0.25, -0.2) is 4.79 Å². The maximum absolute atomic E-state index is 14.2. The van der Waals surface area contributed by atoms with E-state index in [4.69, 9.17) is 11.6 Å². The first-order chi connectivity index (χ1) is 25.4. The molecule has 0 atom stereocenters. The van der Waals surface area contributed by atoms with Gasteiger partial charge in [0.05, 0.1) is 31.4 Å². The molecule has 0 fully saturated rings. The molecule has 5 nitrogen and oxygen atoms in total. The van der Waals surface area contributed by atoms with Gasteiger partial charge in [-0.1, -0.05) is 0 Å². The maximum Gasteiger partial charge on any atom is 0.460 e. The molecule has 1 aromatic heterocycles. The average Bonchev–Trinajstić information content (AvgIpc) is 3.02. The van der Waals surface area contributed by atoms with E-state index in [0.29, 0.717) is 0 Å². The zero-order valence-electron chi connectivity index (χ0n) is 26.3. The van der Waals surface area contributed by atoms with Crippen LogP contribution in [0.5, 0.6) is 11.5 Å². The standard InChI is InChI=1S/C26H11ClF26O5/c27-13(54)10-7-9-11(57-4-2-16(30,31)18(34,35)20(38,39)22(42,43)24(46,47)26(51,52)53)5-8(6-12(9)58-14(10)55)56-3-1-15(28,29)17(32,33)19(36,37)21(40,41)23(44,45)25(48,49)50/h5-7H,1-4H2. The quantitative estimate of drug-likeness (QED) is 0.0898. The Balaban J connectivity index is 2.51. The highest BCUT2D eigenvalue weighted by atomic mass is 35.5. The van der Waals surface area contributed by atoms with Crippen LogP contribution in [0.4, 0.5) is 114 Å². The van der Waals surface area contributed by atoms with Crippen molar-refractivity contribution >= 4 is 27.8 Å². The molecule has 0 spiro atoms. The van der Waals surface area contributed by atoms with Gasteiger partial charge in [0, 0.05) is 12.1 Å². The number of alkyl halides is 26. The molecular weight excluding hydrogens is 922 g/mol. The summed E-state index contributed by atoms with van der Waals surface area (Å²) in [7, 11) is 0. The van der Waals surface area contributed by atoms with Crippen molar-refractivity contribution in [2.45, 2.75) is 84.4 Å². The molecule has 0 N–H and O–H groups in total. The van der Waals surface area contributed by atoms with Gasteiger partial charge in [0.15, 0.2) is 0 Å². The number of hydrogen-bond donors (Lipinski definition) is 0. The van der Waals surface area contributed by atoms with Crippen LogP contribution in [-0.2, 0) is 0 Å². The summed E-state index contributed by atoms with van der Waals surface area (Å²) in [6.07, 6.45) is -21.6. The smallest absolute Gasteiger partial charge is 0.460 e. The number of rotatable bonds is 17. The Hall–Kier alpha value is -3.83. The molecule has 0 bridgehead atoms. The molecule has 0 aliphatic heterocycles. The van der Waals surface area contributed by atoms with Crippen LogP contribution in [0.2, 0.25) is 0 Å². The molecule has 2 rings (SSSR count). The maximum atomic E-state index is 14.2. The van der Waals surface area contributed by atoms with Crippen molar-refractivity contribution in [1.29, 1.82) is 0 Å². The van der Waals surface area contributed by atoms with Gasteiger partial charge in [-0.05, 0) is 17.7 Å². The van der Waals surface area contributed by atoms with E-state index in [0.717, 1.165) is 0 Å². The van der Waals surface area contributed by atoms with Gasteiger partial charge in [-0.15, -0.1) is 0 Å². The third kappa shape index (κ3) is 7.82. The molecule has 0 aliphatic carbocycles. The van der Waals surface area contributed by atoms with Crippen LogP contribution in [0.1, 0.15) is 23.2 Å². The van der Waals surface area contributed by atoms with E-state index in [1.165, 1.54) is 0 Å². The number of halogens is 27. The monoisotopic (exact) mass is 932 g/mol. The van der Waals surface area contributed by atoms with E-state index >= 15 is 0 Å². The minimum Gasteiger partial charge on any atom is -0.493 e. The van der Waals surface area contributed by atoms with Gasteiger partial charge < -0.3 is 13.9 Å². The first kappa shape index (κ1) is 50.3. The number of carbonyl (C=O) groups is 1. The third-order valence-electron chi connectivity index (χ3n) is 7.36. The fourth-order valence-electron chi connectivity index (χ4n) is 4.01. The Kier molecular flexibility index (Phi) is 12.8. The second-order valence-electron chi connectivity index (χ2n) is 11.3. The Bertz CT molecular complexity index is 1900. The van der Waals surface area contributed by atoms with Crippen molar-refractivity contribution in [2.75, 3.05) is 13.2 Å². The lowest BCUT2D eigenvalue weighted by atomic mass is 9.93. The fraction of sp³-hybridized carbons (Fsp3) is 0.615. The van der Waals surface area contributed by atoms with Crippen molar-refractivity contribution in [2.24, 2.45) is 0 Å². The molecule has 0 aliphatic rings. The predicted molar refractivity (Wildman–Crippen MR) is 134 cm³/mol. The molecule has 0 saturated carbocycles. The first-order valence-corrected chi connectivity index (χ1v) is 14.2. The molecule has 1 aromatic carbocycles. The van der Waals surface area contributed by atoms with Crippen LogP contribution >= 0.6 is 11.6 Å². The van der Waals surface area contributed by atoms with Crippen molar-refractivity contribution in [1.82, 2.24) is 0 Å². The summed E-state index contributed by atoms with van der Waals surface area (Å²) in [5.74, 6) is -81.2. The zero-order chi connectivity index (χ0) is 46.1. The number of benzene rings is 1. The minimum atomic E-state index is -8.30. The number of carbonyl (C=O) groups excluding carboxylic acids is 1. The zero-order valence-corrected chi connectivity index (χ0v) is 27.1.